The lowest BCUT2D eigenvalue weighted by Gasteiger charge is -2.23. The van der Waals surface area contributed by atoms with Crippen LogP contribution in [0.2, 0.25) is 0 Å². The van der Waals surface area contributed by atoms with Crippen molar-refractivity contribution in [2.24, 2.45) is 4.99 Å². The van der Waals surface area contributed by atoms with Crippen LogP contribution in [0.15, 0.2) is 69.7 Å². The van der Waals surface area contributed by atoms with Crippen LogP contribution >= 0.6 is 11.8 Å². The number of aromatic nitrogens is 2. The molecule has 6 heteroatoms. The number of hydrogen-bond donors (Lipinski definition) is 1. The van der Waals surface area contributed by atoms with E-state index in [0.717, 1.165) is 47.8 Å². The minimum absolute atomic E-state index is 0.0562. The fourth-order valence-corrected chi connectivity index (χ4v) is 5.27. The Morgan fingerprint density at radius 1 is 1.30 bits per heavy atom. The highest BCUT2D eigenvalue weighted by molar-refractivity contribution is 8.15. The van der Waals surface area contributed by atoms with Crippen LogP contribution in [0.4, 0.5) is 0 Å². The molecule has 2 aliphatic rings. The summed E-state index contributed by atoms with van der Waals surface area (Å²) in [6.07, 6.45) is 10.2. The van der Waals surface area contributed by atoms with Crippen LogP contribution in [-0.4, -0.2) is 28.2 Å². The number of rotatable bonds is 6. The molecule has 4 rings (SSSR count). The first kappa shape index (κ1) is 20.7. The Morgan fingerprint density at radius 3 is 2.77 bits per heavy atom. The van der Waals surface area contributed by atoms with E-state index in [1.165, 1.54) is 36.6 Å². The Bertz CT molecular complexity index is 1030. The Balaban J connectivity index is 1.63. The lowest BCUT2D eigenvalue weighted by atomic mass is 9.95. The third-order valence-corrected chi connectivity index (χ3v) is 6.97. The second kappa shape index (κ2) is 9.47. The van der Waals surface area contributed by atoms with E-state index in [-0.39, 0.29) is 11.6 Å². The van der Waals surface area contributed by atoms with Crippen molar-refractivity contribution >= 4 is 22.4 Å². The van der Waals surface area contributed by atoms with E-state index in [9.17, 15) is 4.79 Å². The number of thioether (sulfide) groups is 1. The number of hydrogen-bond acceptors (Lipinski definition) is 5. The maximum atomic E-state index is 13.3. The third kappa shape index (κ3) is 4.15. The van der Waals surface area contributed by atoms with Gasteiger partial charge in [0.05, 0.1) is 17.6 Å². The highest BCUT2D eigenvalue weighted by atomic mass is 32.2. The molecule has 156 valence electrons. The lowest BCUT2D eigenvalue weighted by molar-refractivity contribution is 0.341. The second-order valence-corrected chi connectivity index (χ2v) is 8.71. The zero-order valence-electron chi connectivity index (χ0n) is 17.4. The Labute approximate surface area is 182 Å². The third-order valence-electron chi connectivity index (χ3n) is 5.82. The molecular formula is C24H28N4OS. The molecule has 1 saturated carbocycles. The Morgan fingerprint density at radius 2 is 2.07 bits per heavy atom. The molecule has 0 spiro atoms. The summed E-state index contributed by atoms with van der Waals surface area (Å²) in [6.45, 7) is 4.76. The molecule has 1 aromatic heterocycles. The van der Waals surface area contributed by atoms with Crippen molar-refractivity contribution in [2.75, 3.05) is 13.6 Å². The number of nitrogens with one attached hydrogen (secondary N) is 1. The fourth-order valence-electron chi connectivity index (χ4n) is 4.24. The number of allylic oxidation sites excluding steroid dienone is 1. The van der Waals surface area contributed by atoms with Gasteiger partial charge in [-0.05, 0) is 30.9 Å². The number of benzene rings is 1. The zero-order valence-corrected chi connectivity index (χ0v) is 18.3. The maximum absolute atomic E-state index is 13.3. The monoisotopic (exact) mass is 420 g/mol. The van der Waals surface area contributed by atoms with Crippen LogP contribution in [0.1, 0.15) is 49.4 Å². The minimum Gasteiger partial charge on any atom is -0.384 e. The highest BCUT2D eigenvalue weighted by Gasteiger charge is 2.32. The van der Waals surface area contributed by atoms with Crippen molar-refractivity contribution in [3.8, 4) is 0 Å². The van der Waals surface area contributed by atoms with E-state index in [4.69, 9.17) is 4.98 Å². The van der Waals surface area contributed by atoms with Crippen molar-refractivity contribution in [1.29, 1.82) is 0 Å². The smallest absolute Gasteiger partial charge is 0.268 e. The molecular weight excluding hydrogens is 392 g/mol. The molecule has 0 amide bonds. The van der Waals surface area contributed by atoms with E-state index >= 15 is 0 Å². The molecule has 2 aromatic rings. The Kier molecular flexibility index (Phi) is 6.53. The zero-order chi connectivity index (χ0) is 20.9. The van der Waals surface area contributed by atoms with Gasteiger partial charge in [-0.1, -0.05) is 67.9 Å². The van der Waals surface area contributed by atoms with E-state index in [0.29, 0.717) is 4.90 Å². The van der Waals surface area contributed by atoms with Crippen molar-refractivity contribution < 1.29 is 0 Å². The van der Waals surface area contributed by atoms with Crippen LogP contribution in [-0.2, 0) is 6.42 Å². The van der Waals surface area contributed by atoms with Gasteiger partial charge < -0.3 is 5.32 Å². The predicted octanol–water partition coefficient (Wildman–Crippen LogP) is 4.61. The summed E-state index contributed by atoms with van der Waals surface area (Å²) in [6, 6.07) is 10.6. The second-order valence-electron chi connectivity index (χ2n) is 7.71. The van der Waals surface area contributed by atoms with Crippen LogP contribution in [0.25, 0.3) is 5.57 Å². The molecule has 0 atom stereocenters. The van der Waals surface area contributed by atoms with Gasteiger partial charge in [-0.3, -0.25) is 14.4 Å². The number of aliphatic imine (C=N–C) groups is 1. The lowest BCUT2D eigenvalue weighted by Crippen LogP contribution is -2.28. The van der Waals surface area contributed by atoms with E-state index in [2.05, 4.69) is 41.2 Å². The quantitative estimate of drug-likeness (QED) is 0.741. The number of fused-ring (bicyclic) bond motifs is 1. The SMILES string of the molecule is C=C/C(NCCc1ccccc1)=C1\C(=N/C)Sc2c1ncn(C1CCCCC1)c2=O. The van der Waals surface area contributed by atoms with Crippen LogP contribution in [0.5, 0.6) is 0 Å². The normalized spacial score (nSPS) is 19.6. The first-order valence-corrected chi connectivity index (χ1v) is 11.5. The average molecular weight is 421 g/mol. The summed E-state index contributed by atoms with van der Waals surface area (Å²) in [5.74, 6) is 0. The summed E-state index contributed by atoms with van der Waals surface area (Å²) in [7, 11) is 1.76. The summed E-state index contributed by atoms with van der Waals surface area (Å²) in [5, 5.41) is 4.30. The van der Waals surface area contributed by atoms with Crippen molar-refractivity contribution in [3.05, 3.63) is 76.6 Å². The summed E-state index contributed by atoms with van der Waals surface area (Å²) >= 11 is 1.43. The molecule has 1 aromatic carbocycles. The van der Waals surface area contributed by atoms with Crippen LogP contribution in [0.3, 0.4) is 0 Å². The molecule has 5 nitrogen and oxygen atoms in total. The molecule has 0 radical (unpaired) electrons. The fraction of sp³-hybridized carbons (Fsp3) is 0.375. The van der Waals surface area contributed by atoms with Gasteiger partial charge in [0.1, 0.15) is 9.94 Å². The van der Waals surface area contributed by atoms with Gasteiger partial charge in [-0.25, -0.2) is 4.98 Å². The van der Waals surface area contributed by atoms with Gasteiger partial charge in [0.25, 0.3) is 5.56 Å². The summed E-state index contributed by atoms with van der Waals surface area (Å²) in [5.41, 5.74) is 3.81. The topological polar surface area (TPSA) is 59.3 Å². The minimum atomic E-state index is 0.0562. The first-order valence-electron chi connectivity index (χ1n) is 10.6. The van der Waals surface area contributed by atoms with E-state index in [1.807, 2.05) is 10.6 Å². The summed E-state index contributed by atoms with van der Waals surface area (Å²) in [4.78, 5) is 23.1. The van der Waals surface area contributed by atoms with Gasteiger partial charge in [0.15, 0.2) is 0 Å². The van der Waals surface area contributed by atoms with Gasteiger partial charge in [-0.2, -0.15) is 0 Å². The van der Waals surface area contributed by atoms with Crippen LogP contribution in [0, 0.1) is 0 Å². The van der Waals surface area contributed by atoms with E-state index in [1.54, 1.807) is 19.5 Å². The van der Waals surface area contributed by atoms with Crippen molar-refractivity contribution in [2.45, 2.75) is 49.5 Å². The molecule has 0 saturated heterocycles. The molecule has 1 aliphatic carbocycles. The van der Waals surface area contributed by atoms with Gasteiger partial charge >= 0.3 is 0 Å². The molecule has 30 heavy (non-hydrogen) atoms. The van der Waals surface area contributed by atoms with Crippen molar-refractivity contribution in [3.63, 3.8) is 0 Å². The van der Waals surface area contributed by atoms with E-state index < -0.39 is 0 Å². The Hall–Kier alpha value is -2.60. The number of nitrogens with zero attached hydrogens (tertiary/aromatic N) is 3. The van der Waals surface area contributed by atoms with Crippen LogP contribution < -0.4 is 10.9 Å². The van der Waals surface area contributed by atoms with Crippen molar-refractivity contribution in [1.82, 2.24) is 14.9 Å². The van der Waals surface area contributed by atoms with Gasteiger partial charge in [0.2, 0.25) is 0 Å². The average Bonchev–Trinajstić information content (AvgIpc) is 3.18. The van der Waals surface area contributed by atoms with Gasteiger partial charge in [-0.15, -0.1) is 0 Å². The molecule has 1 fully saturated rings. The molecule has 1 N–H and O–H groups in total. The predicted molar refractivity (Wildman–Crippen MR) is 125 cm³/mol. The van der Waals surface area contributed by atoms with Gasteiger partial charge in [0, 0.05) is 25.3 Å². The summed E-state index contributed by atoms with van der Waals surface area (Å²) < 4.78 is 1.84. The standard InChI is InChI=1S/C24H28N4OS/c1-3-19(26-15-14-17-10-6-4-7-11-17)20-21-22(30-23(20)25-2)24(29)28(16-27-21)18-12-8-5-9-13-18/h3-4,6-7,10-11,16,18,26H,1,5,8-9,12-15H2,2H3/b20-19+,25-23+. The molecule has 0 unspecified atom stereocenters. The largest absolute Gasteiger partial charge is 0.384 e. The molecule has 2 heterocycles. The first-order chi connectivity index (χ1) is 14.7. The maximum Gasteiger partial charge on any atom is 0.268 e. The highest BCUT2D eigenvalue weighted by Crippen LogP contribution is 2.40. The molecule has 1 aliphatic heterocycles. The molecule has 0 bridgehead atoms.